The Morgan fingerprint density at radius 2 is 1.15 bits per heavy atom. The number of hydrogen-bond acceptors (Lipinski definition) is 1. The molecule has 9 rings (SSSR count). The van der Waals surface area contributed by atoms with Gasteiger partial charge < -0.3 is 19.1 Å². The Bertz CT molecular complexity index is 2800. The van der Waals surface area contributed by atoms with Crippen LogP contribution in [-0.4, -0.2) is 15.9 Å². The Morgan fingerprint density at radius 1 is 0.569 bits per heavy atom. The van der Waals surface area contributed by atoms with Gasteiger partial charge in [-0.2, -0.15) is 6.07 Å². The summed E-state index contributed by atoms with van der Waals surface area (Å²) in [7, 11) is 1.18. The van der Waals surface area contributed by atoms with Crippen molar-refractivity contribution in [2.24, 2.45) is 0 Å². The molecule has 1 aliphatic carbocycles. The van der Waals surface area contributed by atoms with E-state index in [2.05, 4.69) is 209 Å². The van der Waals surface area contributed by atoms with Gasteiger partial charge in [0.25, 0.3) is 0 Å². The number of aryl methyl sites for hydroxylation is 1. The van der Waals surface area contributed by atoms with Crippen molar-refractivity contribution in [3.8, 4) is 50.3 Å². The largest absolute Gasteiger partial charge is 3.00 e. The van der Waals surface area contributed by atoms with Gasteiger partial charge in [-0.3, -0.25) is 0 Å². The number of methoxy groups -OCH3 is 1. The smallest absolute Gasteiger partial charge is 0.496 e. The summed E-state index contributed by atoms with van der Waals surface area (Å²) in [5.41, 5.74) is 16.6. The maximum absolute atomic E-state index is 5.93. The molecule has 0 aliphatic heterocycles. The topological polar surface area (TPSA) is 9.23 Å². The summed E-state index contributed by atoms with van der Waals surface area (Å²) in [6.45, 7) is 14.2. The first-order valence-corrected chi connectivity index (χ1v) is 25.5. The SMILES string of the molecule is CCCc1cc2c(-c3ccc(OC)c(-c4ccccc4)c3-c3ccccc3)cccc2[c-]1[Si](C)C.[CH2-]C1(CCCCCC)C(c2ccccc2-c2ccccc2)=Cc2ccccc21.[CH3-].[Zr+3]. The predicted molar refractivity (Wildman–Crippen MR) is 282 cm³/mol. The summed E-state index contributed by atoms with van der Waals surface area (Å²) in [5, 5.41) is 4.41. The minimum atomic E-state index is -0.587. The van der Waals surface area contributed by atoms with Gasteiger partial charge in [0.1, 0.15) is 5.75 Å². The van der Waals surface area contributed by atoms with Crippen molar-refractivity contribution < 1.29 is 30.9 Å². The van der Waals surface area contributed by atoms with Gasteiger partial charge in [0.15, 0.2) is 0 Å². The molecule has 326 valence electrons. The van der Waals surface area contributed by atoms with E-state index < -0.39 is 8.80 Å². The molecule has 2 radical (unpaired) electrons. The van der Waals surface area contributed by atoms with E-state index in [1.165, 1.54) is 110 Å². The molecule has 0 aromatic heterocycles. The average Bonchev–Trinajstić information content (AvgIpc) is 3.86. The van der Waals surface area contributed by atoms with Gasteiger partial charge in [0.2, 0.25) is 0 Å². The van der Waals surface area contributed by atoms with E-state index in [4.69, 9.17) is 11.7 Å². The molecular formula is C62H64OSiZr. The second-order valence-corrected chi connectivity index (χ2v) is 19.8. The molecule has 0 saturated heterocycles. The predicted octanol–water partition coefficient (Wildman–Crippen LogP) is 16.9. The molecule has 0 spiro atoms. The molecule has 1 atom stereocenters. The van der Waals surface area contributed by atoms with Crippen LogP contribution in [0.15, 0.2) is 176 Å². The summed E-state index contributed by atoms with van der Waals surface area (Å²) in [5.74, 6) is 0.897. The average molecular weight is 945 g/mol. The van der Waals surface area contributed by atoms with E-state index in [-0.39, 0.29) is 39.0 Å². The summed E-state index contributed by atoms with van der Waals surface area (Å²) in [6, 6.07) is 63.4. The molecule has 0 N–H and O–H groups in total. The van der Waals surface area contributed by atoms with E-state index in [0.29, 0.717) is 0 Å². The summed E-state index contributed by atoms with van der Waals surface area (Å²) < 4.78 is 5.93. The third kappa shape index (κ3) is 10.3. The van der Waals surface area contributed by atoms with E-state index >= 15 is 0 Å². The number of unbranched alkanes of at least 4 members (excludes halogenated alkanes) is 3. The molecule has 0 saturated carbocycles. The van der Waals surface area contributed by atoms with Gasteiger partial charge in [-0.1, -0.05) is 240 Å². The third-order valence-corrected chi connectivity index (χ3v) is 14.5. The van der Waals surface area contributed by atoms with E-state index in [0.717, 1.165) is 24.2 Å². The van der Waals surface area contributed by atoms with Crippen molar-refractivity contribution >= 4 is 36.4 Å². The molecule has 0 fully saturated rings. The van der Waals surface area contributed by atoms with Crippen LogP contribution in [0.2, 0.25) is 13.1 Å². The number of hydrogen-bond donors (Lipinski definition) is 0. The number of allylic oxidation sites excluding steroid dienone is 1. The van der Waals surface area contributed by atoms with Crippen molar-refractivity contribution in [3.05, 3.63) is 213 Å². The van der Waals surface area contributed by atoms with Crippen LogP contribution in [-0.2, 0) is 38.0 Å². The molecular weight excluding hydrogens is 880 g/mol. The fraction of sp³-hybridized carbons (Fsp3) is 0.210. The number of fused-ring (bicyclic) bond motifs is 2. The van der Waals surface area contributed by atoms with Crippen LogP contribution in [0.3, 0.4) is 0 Å². The van der Waals surface area contributed by atoms with E-state index in [1.807, 2.05) is 0 Å². The van der Waals surface area contributed by atoms with Crippen LogP contribution < -0.4 is 9.92 Å². The summed E-state index contributed by atoms with van der Waals surface area (Å²) in [6.07, 6.45) is 10.9. The zero-order valence-electron chi connectivity index (χ0n) is 39.4. The number of rotatable bonds is 14. The standard InChI is InChI=1S/C33H32OSi.C28H29.CH3.Zr/c1-5-13-25-22-29-26(18-12-19-28(29)33(25)35(3)4)27-20-21-30(34-2)32(24-16-10-7-11-17-24)31(27)23-14-8-6-9-15-23;1-3-4-5-13-20-28(2)26-19-12-9-16-23(26)21-27(28)25-18-11-10-17-24(25)22-14-7-6-8-15-22;;/h6-12,14-22H,5,13H2,1-4H3;6-12,14-19,21H,2-5,13,20H2,1H3;1H3;/q3*-1;+3. The third-order valence-electron chi connectivity index (χ3n) is 12.9. The first-order chi connectivity index (χ1) is 30.9. The Morgan fingerprint density at radius 3 is 1.78 bits per heavy atom. The first-order valence-electron chi connectivity index (χ1n) is 23.0. The van der Waals surface area contributed by atoms with Crippen LogP contribution >= 0.6 is 0 Å². The normalized spacial score (nSPS) is 13.9. The van der Waals surface area contributed by atoms with Crippen molar-refractivity contribution in [1.29, 1.82) is 0 Å². The van der Waals surface area contributed by atoms with Crippen LogP contribution in [0, 0.1) is 14.4 Å². The van der Waals surface area contributed by atoms with Crippen LogP contribution in [0.5, 0.6) is 5.75 Å². The fourth-order valence-electron chi connectivity index (χ4n) is 9.97. The van der Waals surface area contributed by atoms with Gasteiger partial charge in [0.05, 0.1) is 7.11 Å². The molecule has 1 aliphatic rings. The van der Waals surface area contributed by atoms with Gasteiger partial charge in [-0.15, -0.1) is 39.1 Å². The van der Waals surface area contributed by atoms with Crippen LogP contribution in [0.25, 0.3) is 66.9 Å². The van der Waals surface area contributed by atoms with Crippen molar-refractivity contribution in [2.75, 3.05) is 7.11 Å². The van der Waals surface area contributed by atoms with Gasteiger partial charge in [-0.05, 0) is 51.4 Å². The van der Waals surface area contributed by atoms with Crippen molar-refractivity contribution in [2.45, 2.75) is 77.3 Å². The van der Waals surface area contributed by atoms with E-state index in [1.54, 1.807) is 12.3 Å². The summed E-state index contributed by atoms with van der Waals surface area (Å²) >= 11 is 0. The van der Waals surface area contributed by atoms with Crippen molar-refractivity contribution in [1.82, 2.24) is 0 Å². The van der Waals surface area contributed by atoms with Gasteiger partial charge in [0, 0.05) is 19.9 Å². The van der Waals surface area contributed by atoms with Crippen LogP contribution in [0.4, 0.5) is 0 Å². The first kappa shape index (κ1) is 49.2. The Hall–Kier alpha value is -5.21. The molecule has 8 aromatic rings. The Kier molecular flexibility index (Phi) is 17.3. The molecule has 0 heterocycles. The zero-order chi connectivity index (χ0) is 43.8. The maximum atomic E-state index is 5.93. The maximum Gasteiger partial charge on any atom is 3.00 e. The number of ether oxygens (including phenoxy) is 1. The molecule has 65 heavy (non-hydrogen) atoms. The second-order valence-electron chi connectivity index (χ2n) is 17.3. The molecule has 0 amide bonds. The second kappa shape index (κ2) is 22.8. The monoisotopic (exact) mass is 942 g/mol. The molecule has 1 unspecified atom stereocenters. The van der Waals surface area contributed by atoms with E-state index in [9.17, 15) is 0 Å². The minimum absolute atomic E-state index is 0. The van der Waals surface area contributed by atoms with Crippen molar-refractivity contribution in [3.63, 3.8) is 0 Å². The molecule has 0 bridgehead atoms. The summed E-state index contributed by atoms with van der Waals surface area (Å²) in [4.78, 5) is 0. The molecule has 3 heteroatoms. The van der Waals surface area contributed by atoms with Gasteiger partial charge >= 0.3 is 26.2 Å². The van der Waals surface area contributed by atoms with Gasteiger partial charge in [-0.25, -0.2) is 0 Å². The van der Waals surface area contributed by atoms with Crippen LogP contribution in [0.1, 0.15) is 74.6 Å². The molecule has 8 aromatic carbocycles. The Labute approximate surface area is 411 Å². The fourth-order valence-corrected chi connectivity index (χ4v) is 11.6. The Balaban J connectivity index is 0.000000214. The molecule has 1 nitrogen and oxygen atoms in total. The number of benzene rings is 7. The minimum Gasteiger partial charge on any atom is -0.496 e. The zero-order valence-corrected chi connectivity index (χ0v) is 42.8. The quantitative estimate of drug-likeness (QED) is 0.0600.